The van der Waals surface area contributed by atoms with E-state index in [4.69, 9.17) is 12.2 Å². The molecule has 0 saturated heterocycles. The fraction of sp³-hybridized carbons (Fsp3) is 0. The summed E-state index contributed by atoms with van der Waals surface area (Å²) < 4.78 is 2.22. The molecule has 0 spiro atoms. The summed E-state index contributed by atoms with van der Waals surface area (Å²) in [7, 11) is 0. The van der Waals surface area contributed by atoms with E-state index in [1.165, 1.54) is 4.21 Å². The molecule has 0 nitrogen and oxygen atoms in total. The van der Waals surface area contributed by atoms with Crippen molar-refractivity contribution in [2.45, 2.75) is 4.21 Å². The maximum Gasteiger partial charge on any atom is 0.144 e. The van der Waals surface area contributed by atoms with Crippen molar-refractivity contribution in [3.05, 3.63) is 19.3 Å². The molecule has 0 aliphatic carbocycles. The molecule has 0 atom stereocenters. The molecule has 0 saturated carbocycles. The molecule has 0 bridgehead atoms. The molecule has 10 heavy (non-hydrogen) atoms. The van der Waals surface area contributed by atoms with Crippen LogP contribution >= 0.6 is 59.3 Å². The zero-order valence-electron chi connectivity index (χ0n) is 4.81. The van der Waals surface area contributed by atoms with Crippen LogP contribution < -0.4 is 0 Å². The van der Waals surface area contributed by atoms with E-state index in [-0.39, 0.29) is 0 Å². The largest absolute Gasteiger partial charge is 0.151 e. The lowest BCUT2D eigenvalue weighted by molar-refractivity contribution is 1.85. The second-order valence-corrected chi connectivity index (χ2v) is 5.93. The third-order valence-corrected chi connectivity index (χ3v) is 4.60. The fourth-order valence-electron chi connectivity index (χ4n) is 0.376. The maximum absolute atomic E-state index is 4.96. The second kappa shape index (κ2) is 4.56. The van der Waals surface area contributed by atoms with Gasteiger partial charge in [-0.25, -0.2) is 0 Å². The third kappa shape index (κ3) is 2.75. The third-order valence-electron chi connectivity index (χ3n) is 0.680. The van der Waals surface area contributed by atoms with Gasteiger partial charge in [-0.3, -0.25) is 0 Å². The van der Waals surface area contributed by atoms with Crippen LogP contribution in [-0.4, -0.2) is 0 Å². The first-order valence-corrected chi connectivity index (χ1v) is 5.87. The lowest BCUT2D eigenvalue weighted by Crippen LogP contribution is -1.46. The van der Waals surface area contributed by atoms with Crippen molar-refractivity contribution in [3.63, 3.8) is 0 Å². The Balaban J connectivity index is 2.67. The number of rotatable bonds is 2. The summed E-state index contributed by atoms with van der Waals surface area (Å²) in [4.78, 5) is 0. The standard InChI is InChI=1S/C5H4S5/c6-1-2-8-4-3-9-5(7)10-4/h1-3,6H/b2-1+. The van der Waals surface area contributed by atoms with Gasteiger partial charge in [0.2, 0.25) is 0 Å². The molecule has 1 heterocycles. The molecule has 1 rings (SSSR count). The zero-order valence-corrected chi connectivity index (χ0v) is 8.97. The molecule has 0 aromatic carbocycles. The van der Waals surface area contributed by atoms with Crippen LogP contribution in [0.4, 0.5) is 0 Å². The van der Waals surface area contributed by atoms with Crippen LogP contribution in [0.15, 0.2) is 20.4 Å². The molecular weight excluding hydrogens is 220 g/mol. The summed E-state index contributed by atoms with van der Waals surface area (Å²) in [5.41, 5.74) is 0. The molecule has 0 radical (unpaired) electrons. The number of thioether (sulfide) groups is 1. The van der Waals surface area contributed by atoms with Crippen molar-refractivity contribution in [1.82, 2.24) is 0 Å². The molecule has 5 heteroatoms. The summed E-state index contributed by atoms with van der Waals surface area (Å²) in [6, 6.07) is 0. The average molecular weight is 224 g/mol. The van der Waals surface area contributed by atoms with E-state index in [1.54, 1.807) is 39.8 Å². The molecule has 1 aromatic rings. The van der Waals surface area contributed by atoms with Crippen LogP contribution in [0.1, 0.15) is 0 Å². The Bertz CT molecular complexity index is 268. The van der Waals surface area contributed by atoms with Crippen LogP contribution in [0.3, 0.4) is 0 Å². The zero-order chi connectivity index (χ0) is 7.40. The van der Waals surface area contributed by atoms with Crippen molar-refractivity contribution < 1.29 is 0 Å². The van der Waals surface area contributed by atoms with Crippen LogP contribution in [0.2, 0.25) is 0 Å². The van der Waals surface area contributed by atoms with E-state index < -0.39 is 0 Å². The van der Waals surface area contributed by atoms with Crippen LogP contribution in [0.25, 0.3) is 0 Å². The van der Waals surface area contributed by atoms with Crippen molar-refractivity contribution in [2.24, 2.45) is 0 Å². The predicted molar refractivity (Wildman–Crippen MR) is 57.0 cm³/mol. The second-order valence-electron chi connectivity index (χ2n) is 1.31. The smallest absolute Gasteiger partial charge is 0.144 e. The molecule has 0 amide bonds. The molecule has 1 aromatic heterocycles. The van der Waals surface area contributed by atoms with E-state index >= 15 is 0 Å². The van der Waals surface area contributed by atoms with E-state index in [1.807, 2.05) is 5.41 Å². The lowest BCUT2D eigenvalue weighted by atomic mass is 11.1. The van der Waals surface area contributed by atoms with Gasteiger partial charge in [-0.1, -0.05) is 24.0 Å². The molecule has 0 aliphatic rings. The number of thiol groups is 1. The van der Waals surface area contributed by atoms with Gasteiger partial charge in [-0.2, -0.15) is 12.6 Å². The Labute approximate surface area is 82.4 Å². The quantitative estimate of drug-likeness (QED) is 0.457. The van der Waals surface area contributed by atoms with Crippen LogP contribution in [0, 0.1) is 3.14 Å². The van der Waals surface area contributed by atoms with Gasteiger partial charge in [0.15, 0.2) is 0 Å². The van der Waals surface area contributed by atoms with Gasteiger partial charge >= 0.3 is 0 Å². The number of hydrogen-bond acceptors (Lipinski definition) is 5. The predicted octanol–water partition coefficient (Wildman–Crippen LogP) is 4.03. The fourth-order valence-corrected chi connectivity index (χ4v) is 3.76. The van der Waals surface area contributed by atoms with Gasteiger partial charge in [-0.15, -0.1) is 22.7 Å². The summed E-state index contributed by atoms with van der Waals surface area (Å²) >= 11 is 13.8. The topological polar surface area (TPSA) is 0 Å². The minimum absolute atomic E-state index is 0.982. The monoisotopic (exact) mass is 224 g/mol. The minimum atomic E-state index is 0.982. The van der Waals surface area contributed by atoms with Gasteiger partial charge in [0, 0.05) is 5.38 Å². The van der Waals surface area contributed by atoms with Gasteiger partial charge in [0.25, 0.3) is 0 Å². The Morgan fingerprint density at radius 3 is 3.00 bits per heavy atom. The Morgan fingerprint density at radius 1 is 1.70 bits per heavy atom. The lowest BCUT2D eigenvalue weighted by Gasteiger charge is -1.81. The summed E-state index contributed by atoms with van der Waals surface area (Å²) in [6.45, 7) is 0. The van der Waals surface area contributed by atoms with E-state index in [2.05, 4.69) is 18.0 Å². The van der Waals surface area contributed by atoms with E-state index in [9.17, 15) is 0 Å². The van der Waals surface area contributed by atoms with Crippen molar-refractivity contribution in [3.8, 4) is 0 Å². The van der Waals surface area contributed by atoms with Crippen molar-refractivity contribution >= 4 is 59.3 Å². The molecule has 54 valence electrons. The molecule has 0 N–H and O–H groups in total. The van der Waals surface area contributed by atoms with Crippen LogP contribution in [-0.2, 0) is 0 Å². The summed E-state index contributed by atoms with van der Waals surface area (Å²) in [5.74, 6) is 0. The molecule has 0 unspecified atom stereocenters. The summed E-state index contributed by atoms with van der Waals surface area (Å²) in [6.07, 6.45) is 0. The highest BCUT2D eigenvalue weighted by atomic mass is 32.2. The van der Waals surface area contributed by atoms with E-state index in [0.29, 0.717) is 0 Å². The molecular formula is C5H4S5. The highest BCUT2D eigenvalue weighted by molar-refractivity contribution is 8.04. The first-order chi connectivity index (χ1) is 4.83. The summed E-state index contributed by atoms with van der Waals surface area (Å²) in [5, 5.41) is 5.71. The average Bonchev–Trinajstić information content (AvgIpc) is 2.31. The molecule has 0 aliphatic heterocycles. The Hall–Kier alpha value is 0.710. The highest BCUT2D eigenvalue weighted by Crippen LogP contribution is 2.28. The first-order valence-electron chi connectivity index (χ1n) is 2.37. The van der Waals surface area contributed by atoms with Gasteiger partial charge in [0.05, 0.1) is 4.21 Å². The minimum Gasteiger partial charge on any atom is -0.151 e. The highest BCUT2D eigenvalue weighted by Gasteiger charge is 1.91. The number of hydrogen-bond donors (Lipinski definition) is 1. The SMILES string of the molecule is S=c1scc(S/C=C/S)s1. The normalized spacial score (nSPS) is 10.9. The van der Waals surface area contributed by atoms with E-state index in [0.717, 1.165) is 3.14 Å². The Morgan fingerprint density at radius 2 is 2.50 bits per heavy atom. The van der Waals surface area contributed by atoms with Crippen molar-refractivity contribution in [2.75, 3.05) is 0 Å². The van der Waals surface area contributed by atoms with Crippen LogP contribution in [0.5, 0.6) is 0 Å². The maximum atomic E-state index is 4.96. The van der Waals surface area contributed by atoms with Gasteiger partial charge in [0.1, 0.15) is 3.14 Å². The first kappa shape index (κ1) is 8.80. The molecule has 0 fully saturated rings. The Kier molecular flexibility index (Phi) is 4.01. The van der Waals surface area contributed by atoms with Crippen molar-refractivity contribution in [1.29, 1.82) is 0 Å². The van der Waals surface area contributed by atoms with Gasteiger partial charge < -0.3 is 0 Å². The van der Waals surface area contributed by atoms with Gasteiger partial charge in [-0.05, 0) is 10.8 Å².